The molecule has 0 unspecified atom stereocenters. The lowest BCUT2D eigenvalue weighted by Gasteiger charge is -2.13. The number of rotatable bonds is 6. The van der Waals surface area contributed by atoms with Gasteiger partial charge in [0.25, 0.3) is 5.82 Å². The molecule has 2 aromatic carbocycles. The molecule has 0 spiro atoms. The first-order chi connectivity index (χ1) is 11.6. The van der Waals surface area contributed by atoms with E-state index in [1.807, 2.05) is 43.3 Å². The van der Waals surface area contributed by atoms with Crippen LogP contribution in [-0.4, -0.2) is 22.4 Å². The maximum Gasteiger partial charge on any atom is 0.256 e. The van der Waals surface area contributed by atoms with Crippen molar-refractivity contribution in [3.05, 3.63) is 59.9 Å². The van der Waals surface area contributed by atoms with Crippen LogP contribution in [0.15, 0.2) is 48.5 Å². The number of aromatic nitrogens is 2. The lowest BCUT2D eigenvalue weighted by Crippen LogP contribution is -2.34. The summed E-state index contributed by atoms with van der Waals surface area (Å²) in [7, 11) is 2.08. The van der Waals surface area contributed by atoms with Gasteiger partial charge in [-0.05, 0) is 30.7 Å². The predicted octanol–water partition coefficient (Wildman–Crippen LogP) is 2.78. The van der Waals surface area contributed by atoms with E-state index >= 15 is 0 Å². The van der Waals surface area contributed by atoms with E-state index in [4.69, 9.17) is 4.74 Å². The van der Waals surface area contributed by atoms with Crippen LogP contribution in [0.4, 0.5) is 0 Å². The average Bonchev–Trinajstić information content (AvgIpc) is 2.86. The van der Waals surface area contributed by atoms with Gasteiger partial charge in [-0.25, -0.2) is 9.13 Å². The molecule has 0 saturated carbocycles. The molecule has 24 heavy (non-hydrogen) atoms. The summed E-state index contributed by atoms with van der Waals surface area (Å²) in [6.07, 6.45) is 0.349. The second kappa shape index (κ2) is 7.05. The Morgan fingerprint density at radius 3 is 2.58 bits per heavy atom. The van der Waals surface area contributed by atoms with Crippen LogP contribution < -0.4 is 9.30 Å². The second-order valence-electron chi connectivity index (χ2n) is 6.16. The van der Waals surface area contributed by atoms with Crippen LogP contribution in [0.1, 0.15) is 18.3 Å². The first-order valence-corrected chi connectivity index (χ1v) is 8.44. The van der Waals surface area contributed by atoms with Crippen molar-refractivity contribution in [3.8, 4) is 5.75 Å². The number of aryl methyl sites for hydroxylation is 2. The van der Waals surface area contributed by atoms with Gasteiger partial charge >= 0.3 is 0 Å². The van der Waals surface area contributed by atoms with Crippen molar-refractivity contribution >= 4 is 11.0 Å². The quantitative estimate of drug-likeness (QED) is 0.708. The van der Waals surface area contributed by atoms with Gasteiger partial charge in [-0.3, -0.25) is 0 Å². The number of hydrogen-bond donors (Lipinski definition) is 1. The molecule has 1 aromatic heterocycles. The molecule has 0 amide bonds. The van der Waals surface area contributed by atoms with Crippen molar-refractivity contribution in [3.63, 3.8) is 0 Å². The number of aliphatic hydroxyl groups is 1. The Hall–Kier alpha value is -2.33. The smallest absolute Gasteiger partial charge is 0.256 e. The molecule has 3 aromatic rings. The molecular formula is C20H25N2O2+. The normalized spacial score (nSPS) is 12.5. The van der Waals surface area contributed by atoms with Crippen molar-refractivity contribution in [2.45, 2.75) is 32.9 Å². The summed E-state index contributed by atoms with van der Waals surface area (Å²) in [6, 6.07) is 16.2. The van der Waals surface area contributed by atoms with E-state index in [1.165, 1.54) is 11.3 Å². The van der Waals surface area contributed by atoms with E-state index < -0.39 is 6.10 Å². The van der Waals surface area contributed by atoms with Gasteiger partial charge in [0.1, 0.15) is 25.0 Å². The number of para-hydroxylation sites is 3. The Bertz CT molecular complexity index is 839. The van der Waals surface area contributed by atoms with Crippen LogP contribution in [0.2, 0.25) is 0 Å². The number of hydrogen-bond acceptors (Lipinski definition) is 2. The standard InChI is InChI=1S/C20H25N2O2/c1-4-20-21(3)17-10-6-7-11-18(17)22(20)13-16(23)14-24-19-12-8-5-9-15(19)2/h5-12,16,23H,4,13-14H2,1-3H3/q+1/t16-/m0/s1. The number of fused-ring (bicyclic) bond motifs is 1. The summed E-state index contributed by atoms with van der Waals surface area (Å²) in [6.45, 7) is 4.96. The SMILES string of the molecule is CCc1n(C[C@H](O)COc2ccccc2C)c2ccccc2[n+]1C. The number of imidazole rings is 1. The van der Waals surface area contributed by atoms with Crippen LogP contribution in [0.5, 0.6) is 5.75 Å². The fraction of sp³-hybridized carbons (Fsp3) is 0.350. The Morgan fingerprint density at radius 2 is 1.83 bits per heavy atom. The molecule has 1 heterocycles. The molecule has 0 aliphatic rings. The first-order valence-electron chi connectivity index (χ1n) is 8.44. The summed E-state index contributed by atoms with van der Waals surface area (Å²) < 4.78 is 10.2. The fourth-order valence-electron chi connectivity index (χ4n) is 3.23. The molecule has 0 radical (unpaired) electrons. The third-order valence-electron chi connectivity index (χ3n) is 4.47. The summed E-state index contributed by atoms with van der Waals surface area (Å²) in [5.41, 5.74) is 3.41. The molecule has 4 nitrogen and oxygen atoms in total. The van der Waals surface area contributed by atoms with Gasteiger partial charge < -0.3 is 9.84 Å². The first kappa shape index (κ1) is 16.5. The van der Waals surface area contributed by atoms with E-state index in [0.717, 1.165) is 23.3 Å². The predicted molar refractivity (Wildman–Crippen MR) is 95.2 cm³/mol. The maximum absolute atomic E-state index is 10.5. The van der Waals surface area contributed by atoms with E-state index in [-0.39, 0.29) is 6.61 Å². The van der Waals surface area contributed by atoms with E-state index in [2.05, 4.69) is 35.2 Å². The molecule has 126 valence electrons. The number of ether oxygens (including phenoxy) is 1. The van der Waals surface area contributed by atoms with Gasteiger partial charge in [0, 0.05) is 6.42 Å². The summed E-state index contributed by atoms with van der Waals surface area (Å²) >= 11 is 0. The molecule has 4 heteroatoms. The average molecular weight is 325 g/mol. The molecule has 0 aliphatic carbocycles. The van der Waals surface area contributed by atoms with Crippen molar-refractivity contribution < 1.29 is 14.4 Å². The zero-order valence-electron chi connectivity index (χ0n) is 14.6. The summed E-state index contributed by atoms with van der Waals surface area (Å²) in [5.74, 6) is 2.03. The molecular weight excluding hydrogens is 300 g/mol. The van der Waals surface area contributed by atoms with Crippen LogP contribution in [-0.2, 0) is 20.0 Å². The summed E-state index contributed by atoms with van der Waals surface area (Å²) in [4.78, 5) is 0. The van der Waals surface area contributed by atoms with E-state index in [1.54, 1.807) is 0 Å². The minimum absolute atomic E-state index is 0.282. The molecule has 0 saturated heterocycles. The van der Waals surface area contributed by atoms with E-state index in [9.17, 15) is 5.11 Å². The third kappa shape index (κ3) is 3.15. The highest BCUT2D eigenvalue weighted by molar-refractivity contribution is 5.72. The zero-order valence-corrected chi connectivity index (χ0v) is 14.6. The molecule has 0 bridgehead atoms. The van der Waals surface area contributed by atoms with Gasteiger partial charge in [0.15, 0.2) is 11.0 Å². The Balaban J connectivity index is 1.78. The van der Waals surface area contributed by atoms with Gasteiger partial charge in [-0.1, -0.05) is 37.3 Å². The van der Waals surface area contributed by atoms with Crippen molar-refractivity contribution in [2.24, 2.45) is 7.05 Å². The second-order valence-corrected chi connectivity index (χ2v) is 6.16. The number of benzene rings is 2. The number of aliphatic hydroxyl groups excluding tert-OH is 1. The summed E-state index contributed by atoms with van der Waals surface area (Å²) in [5, 5.41) is 10.5. The van der Waals surface area contributed by atoms with E-state index in [0.29, 0.717) is 6.54 Å². The highest BCUT2D eigenvalue weighted by Gasteiger charge is 2.23. The molecule has 1 atom stereocenters. The van der Waals surface area contributed by atoms with Gasteiger partial charge in [-0.15, -0.1) is 0 Å². The van der Waals surface area contributed by atoms with Crippen molar-refractivity contribution in [1.82, 2.24) is 4.57 Å². The lowest BCUT2D eigenvalue weighted by molar-refractivity contribution is -0.653. The fourth-order valence-corrected chi connectivity index (χ4v) is 3.23. The molecule has 3 rings (SSSR count). The lowest BCUT2D eigenvalue weighted by atomic mass is 10.2. The monoisotopic (exact) mass is 325 g/mol. The van der Waals surface area contributed by atoms with Crippen LogP contribution in [0, 0.1) is 6.92 Å². The van der Waals surface area contributed by atoms with Crippen molar-refractivity contribution in [2.75, 3.05) is 6.61 Å². The maximum atomic E-state index is 10.5. The molecule has 0 fully saturated rings. The minimum Gasteiger partial charge on any atom is -0.490 e. The highest BCUT2D eigenvalue weighted by atomic mass is 16.5. The topological polar surface area (TPSA) is 38.3 Å². The largest absolute Gasteiger partial charge is 0.490 e. The minimum atomic E-state index is -0.564. The zero-order chi connectivity index (χ0) is 17.1. The van der Waals surface area contributed by atoms with Crippen LogP contribution >= 0.6 is 0 Å². The highest BCUT2D eigenvalue weighted by Crippen LogP contribution is 2.18. The molecule has 0 aliphatic heterocycles. The molecule has 1 N–H and O–H groups in total. The number of nitrogens with zero attached hydrogens (tertiary/aromatic N) is 2. The Labute approximate surface area is 142 Å². The van der Waals surface area contributed by atoms with Crippen LogP contribution in [0.25, 0.3) is 11.0 Å². The van der Waals surface area contributed by atoms with Crippen LogP contribution in [0.3, 0.4) is 0 Å². The van der Waals surface area contributed by atoms with Gasteiger partial charge in [0.2, 0.25) is 0 Å². The van der Waals surface area contributed by atoms with Crippen molar-refractivity contribution in [1.29, 1.82) is 0 Å². The Kier molecular flexibility index (Phi) is 4.86. The third-order valence-corrected chi connectivity index (χ3v) is 4.47. The Morgan fingerprint density at radius 1 is 1.12 bits per heavy atom. The van der Waals surface area contributed by atoms with Gasteiger partial charge in [-0.2, -0.15) is 0 Å². The van der Waals surface area contributed by atoms with Gasteiger partial charge in [0.05, 0.1) is 7.05 Å².